The number of rotatable bonds is 16. The van der Waals surface area contributed by atoms with Gasteiger partial charge in [0.15, 0.2) is 0 Å². The number of hydrogen-bond donors (Lipinski definition) is 9. The van der Waals surface area contributed by atoms with Gasteiger partial charge in [0.05, 0.1) is 18.6 Å². The van der Waals surface area contributed by atoms with Gasteiger partial charge in [-0.3, -0.25) is 28.8 Å². The summed E-state index contributed by atoms with van der Waals surface area (Å²) in [4.78, 5) is 81.0. The van der Waals surface area contributed by atoms with Gasteiger partial charge < -0.3 is 47.8 Å². The quantitative estimate of drug-likeness (QED) is 0.0993. The second kappa shape index (κ2) is 14.4. The lowest BCUT2D eigenvalue weighted by atomic mass is 10.1. The third-order valence-corrected chi connectivity index (χ3v) is 4.37. The molecule has 5 unspecified atom stereocenters. The molecule has 0 heterocycles. The maximum Gasteiger partial charge on any atom is 0.326 e. The molecule has 16 nitrogen and oxygen atoms in total. The fourth-order valence-corrected chi connectivity index (χ4v) is 2.54. The molecule has 16 heteroatoms. The molecule has 0 aromatic carbocycles. The van der Waals surface area contributed by atoms with Crippen LogP contribution in [0.1, 0.15) is 39.0 Å². The van der Waals surface area contributed by atoms with E-state index >= 15 is 0 Å². The highest BCUT2D eigenvalue weighted by Crippen LogP contribution is 2.04. The minimum atomic E-state index is -1.86. The Morgan fingerprint density at radius 2 is 1.32 bits per heavy atom. The first-order valence-electron chi connectivity index (χ1n) is 9.95. The maximum absolute atomic E-state index is 12.7. The zero-order valence-electron chi connectivity index (χ0n) is 18.2. The first-order valence-corrected chi connectivity index (χ1v) is 9.95. The molecular formula is C18H29N5O11. The van der Waals surface area contributed by atoms with Crippen molar-refractivity contribution in [2.75, 3.05) is 0 Å². The van der Waals surface area contributed by atoms with Crippen LogP contribution < -0.4 is 27.4 Å². The van der Waals surface area contributed by atoms with Gasteiger partial charge in [0, 0.05) is 12.8 Å². The number of aliphatic hydroxyl groups excluding tert-OH is 1. The SMILES string of the molecule is CC(O)C(NC(=O)C(CCC(N)=O)NC(=O)C(N)CCC(=O)O)C(=O)NC(CC(=O)O)C(=O)O. The van der Waals surface area contributed by atoms with Gasteiger partial charge in [-0.15, -0.1) is 0 Å². The van der Waals surface area contributed by atoms with Crippen molar-refractivity contribution in [2.45, 2.75) is 69.3 Å². The van der Waals surface area contributed by atoms with E-state index in [0.29, 0.717) is 0 Å². The average Bonchev–Trinajstić information content (AvgIpc) is 2.71. The summed E-state index contributed by atoms with van der Waals surface area (Å²) in [7, 11) is 0. The Hall–Kier alpha value is -3.79. The van der Waals surface area contributed by atoms with Crippen LogP contribution in [0.4, 0.5) is 0 Å². The lowest BCUT2D eigenvalue weighted by Crippen LogP contribution is -2.60. The zero-order valence-corrected chi connectivity index (χ0v) is 18.2. The fraction of sp³-hybridized carbons (Fsp3) is 0.611. The van der Waals surface area contributed by atoms with Crippen LogP contribution in [0.2, 0.25) is 0 Å². The normalized spacial score (nSPS) is 15.0. The summed E-state index contributed by atoms with van der Waals surface area (Å²) in [6, 6.07) is -6.43. The number of carboxylic acid groups (broad SMARTS) is 3. The molecule has 5 atom stereocenters. The number of carboxylic acids is 3. The lowest BCUT2D eigenvalue weighted by Gasteiger charge is -2.26. The van der Waals surface area contributed by atoms with Gasteiger partial charge in [0.25, 0.3) is 0 Å². The van der Waals surface area contributed by atoms with E-state index in [4.69, 9.17) is 26.8 Å². The third kappa shape index (κ3) is 11.7. The first-order chi connectivity index (χ1) is 15.6. The molecule has 0 aliphatic heterocycles. The summed E-state index contributed by atoms with van der Waals surface area (Å²) >= 11 is 0. The molecule has 0 saturated heterocycles. The molecule has 0 fully saturated rings. The molecule has 34 heavy (non-hydrogen) atoms. The van der Waals surface area contributed by atoms with E-state index < -0.39 is 84.6 Å². The molecule has 11 N–H and O–H groups in total. The smallest absolute Gasteiger partial charge is 0.326 e. The van der Waals surface area contributed by atoms with Crippen molar-refractivity contribution < 1.29 is 54.0 Å². The lowest BCUT2D eigenvalue weighted by molar-refractivity contribution is -0.148. The van der Waals surface area contributed by atoms with Crippen LogP contribution in [0, 0.1) is 0 Å². The molecule has 0 saturated carbocycles. The van der Waals surface area contributed by atoms with Crippen LogP contribution in [0.3, 0.4) is 0 Å². The van der Waals surface area contributed by atoms with E-state index in [1.807, 2.05) is 5.32 Å². The number of aliphatic carboxylic acids is 3. The predicted molar refractivity (Wildman–Crippen MR) is 111 cm³/mol. The van der Waals surface area contributed by atoms with Crippen molar-refractivity contribution in [3.8, 4) is 0 Å². The first kappa shape index (κ1) is 30.2. The van der Waals surface area contributed by atoms with Crippen LogP contribution in [-0.4, -0.2) is 92.2 Å². The molecule has 0 aliphatic rings. The number of carbonyl (C=O) groups excluding carboxylic acids is 4. The maximum atomic E-state index is 12.7. The van der Waals surface area contributed by atoms with E-state index in [0.717, 1.165) is 6.92 Å². The van der Waals surface area contributed by atoms with E-state index in [1.165, 1.54) is 0 Å². The predicted octanol–water partition coefficient (Wildman–Crippen LogP) is -4.16. The van der Waals surface area contributed by atoms with Crippen molar-refractivity contribution in [3.05, 3.63) is 0 Å². The van der Waals surface area contributed by atoms with Gasteiger partial charge in [-0.2, -0.15) is 0 Å². The minimum absolute atomic E-state index is 0.260. The molecule has 0 bridgehead atoms. The van der Waals surface area contributed by atoms with Gasteiger partial charge in [-0.1, -0.05) is 0 Å². The molecule has 0 aliphatic carbocycles. The van der Waals surface area contributed by atoms with Gasteiger partial charge in [0.1, 0.15) is 18.1 Å². The van der Waals surface area contributed by atoms with Crippen LogP contribution in [-0.2, 0) is 33.6 Å². The van der Waals surface area contributed by atoms with Crippen molar-refractivity contribution in [3.63, 3.8) is 0 Å². The Kier molecular flexibility index (Phi) is 12.8. The standard InChI is InChI=1S/C18H29N5O11/c1-7(24)14(17(32)22-10(18(33)34)6-13(28)29)23-16(31)9(3-4-11(20)25)21-15(30)8(19)2-5-12(26)27/h7-10,14,24H,2-6,19H2,1H3,(H2,20,25)(H,21,30)(H,22,32)(H,23,31)(H,26,27)(H,28,29)(H,33,34). The van der Waals surface area contributed by atoms with Gasteiger partial charge >= 0.3 is 17.9 Å². The van der Waals surface area contributed by atoms with Crippen LogP contribution in [0.25, 0.3) is 0 Å². The molecule has 0 rings (SSSR count). The fourth-order valence-electron chi connectivity index (χ4n) is 2.54. The second-order valence-corrected chi connectivity index (χ2v) is 7.33. The monoisotopic (exact) mass is 491 g/mol. The molecule has 4 amide bonds. The Morgan fingerprint density at radius 3 is 1.76 bits per heavy atom. The molecule has 0 aromatic rings. The molecule has 0 aromatic heterocycles. The highest BCUT2D eigenvalue weighted by atomic mass is 16.4. The van der Waals surface area contributed by atoms with Gasteiger partial charge in [-0.25, -0.2) is 4.79 Å². The van der Waals surface area contributed by atoms with Gasteiger partial charge in [0.2, 0.25) is 23.6 Å². The van der Waals surface area contributed by atoms with Gasteiger partial charge in [-0.05, 0) is 19.8 Å². The third-order valence-electron chi connectivity index (χ3n) is 4.37. The number of carbonyl (C=O) groups is 7. The molecule has 0 spiro atoms. The summed E-state index contributed by atoms with van der Waals surface area (Å²) in [5, 5.41) is 42.5. The van der Waals surface area contributed by atoms with E-state index in [-0.39, 0.29) is 19.3 Å². The largest absolute Gasteiger partial charge is 0.481 e. The topological polar surface area (TPSA) is 289 Å². The minimum Gasteiger partial charge on any atom is -0.481 e. The summed E-state index contributed by atoms with van der Waals surface area (Å²) in [6.07, 6.45) is -3.99. The molecular weight excluding hydrogens is 462 g/mol. The van der Waals surface area contributed by atoms with Crippen LogP contribution in [0.5, 0.6) is 0 Å². The average molecular weight is 491 g/mol. The van der Waals surface area contributed by atoms with E-state index in [9.17, 15) is 38.7 Å². The van der Waals surface area contributed by atoms with Crippen molar-refractivity contribution in [1.29, 1.82) is 0 Å². The summed E-state index contributed by atoms with van der Waals surface area (Å²) in [6.45, 7) is 1.08. The number of aliphatic hydroxyl groups is 1. The Labute approximate surface area is 193 Å². The number of amides is 4. The van der Waals surface area contributed by atoms with E-state index in [2.05, 4.69) is 10.6 Å². The second-order valence-electron chi connectivity index (χ2n) is 7.33. The molecule has 0 radical (unpaired) electrons. The van der Waals surface area contributed by atoms with Crippen LogP contribution in [0.15, 0.2) is 0 Å². The zero-order chi connectivity index (χ0) is 26.6. The highest BCUT2D eigenvalue weighted by Gasteiger charge is 2.33. The summed E-state index contributed by atoms with van der Waals surface area (Å²) in [5.74, 6) is -8.48. The summed E-state index contributed by atoms with van der Waals surface area (Å²) < 4.78 is 0. The van der Waals surface area contributed by atoms with Crippen molar-refractivity contribution >= 4 is 41.5 Å². The number of nitrogens with one attached hydrogen (secondary N) is 3. The Balaban J connectivity index is 5.48. The number of nitrogens with two attached hydrogens (primary N) is 2. The van der Waals surface area contributed by atoms with E-state index in [1.54, 1.807) is 0 Å². The Bertz CT molecular complexity index is 801. The number of hydrogen-bond acceptors (Lipinski definition) is 9. The van der Waals surface area contributed by atoms with Crippen molar-refractivity contribution in [1.82, 2.24) is 16.0 Å². The van der Waals surface area contributed by atoms with Crippen LogP contribution >= 0.6 is 0 Å². The Morgan fingerprint density at radius 1 is 0.765 bits per heavy atom. The van der Waals surface area contributed by atoms with Crippen molar-refractivity contribution in [2.24, 2.45) is 11.5 Å². The number of primary amides is 1. The molecule has 192 valence electrons. The highest BCUT2D eigenvalue weighted by molar-refractivity contribution is 5.95. The summed E-state index contributed by atoms with van der Waals surface area (Å²) in [5.41, 5.74) is 10.6.